The van der Waals surface area contributed by atoms with Gasteiger partial charge < -0.3 is 10.2 Å². The van der Waals surface area contributed by atoms with E-state index in [-0.39, 0.29) is 11.5 Å². The number of ketones is 1. The van der Waals surface area contributed by atoms with Gasteiger partial charge in [0.1, 0.15) is 0 Å². The summed E-state index contributed by atoms with van der Waals surface area (Å²) in [7, 11) is 0. The molecule has 0 amide bonds. The van der Waals surface area contributed by atoms with E-state index < -0.39 is 0 Å². The van der Waals surface area contributed by atoms with Crippen LogP contribution in [0, 0.1) is 6.92 Å². The van der Waals surface area contributed by atoms with Crippen molar-refractivity contribution in [2.45, 2.75) is 6.92 Å². The monoisotopic (exact) mass is 279 g/mol. The maximum Gasteiger partial charge on any atom is 0.230 e. The van der Waals surface area contributed by atoms with E-state index in [0.29, 0.717) is 15.9 Å². The molecule has 0 radical (unpaired) electrons. The molecule has 0 aliphatic rings. The molecule has 0 fully saturated rings. The molecule has 0 atom stereocenters. The summed E-state index contributed by atoms with van der Waals surface area (Å²) in [6, 6.07) is 8.62. The van der Waals surface area contributed by atoms with Crippen molar-refractivity contribution in [3.8, 4) is 0 Å². The lowest BCUT2D eigenvalue weighted by atomic mass is 10.0. The van der Waals surface area contributed by atoms with Crippen LogP contribution >= 0.6 is 15.9 Å². The van der Waals surface area contributed by atoms with Gasteiger partial charge in [-0.2, -0.15) is 0 Å². The van der Waals surface area contributed by atoms with Gasteiger partial charge in [0.25, 0.3) is 0 Å². The maximum absolute atomic E-state index is 12.0. The molecule has 0 unspecified atom stereocenters. The molecule has 82 valence electrons. The lowest BCUT2D eigenvalue weighted by Gasteiger charge is -2.03. The van der Waals surface area contributed by atoms with Gasteiger partial charge in [-0.05, 0) is 52.7 Å². The van der Waals surface area contributed by atoms with E-state index in [2.05, 4.69) is 15.9 Å². The fourth-order valence-electron chi connectivity index (χ4n) is 1.46. The lowest BCUT2D eigenvalue weighted by molar-refractivity contribution is 0.101. The van der Waals surface area contributed by atoms with Crippen LogP contribution in [0.5, 0.6) is 0 Å². The maximum atomic E-state index is 12.0. The van der Waals surface area contributed by atoms with Gasteiger partial charge in [0.15, 0.2) is 10.4 Å². The first-order valence-electron chi connectivity index (χ1n) is 4.74. The zero-order chi connectivity index (χ0) is 11.7. The summed E-state index contributed by atoms with van der Waals surface area (Å²) in [5, 5.41) is 0. The number of furan rings is 1. The van der Waals surface area contributed by atoms with Crippen LogP contribution in [0.4, 0.5) is 5.69 Å². The molecule has 1 aromatic carbocycles. The summed E-state index contributed by atoms with van der Waals surface area (Å²) in [6.07, 6.45) is 0. The Hall–Kier alpha value is -1.55. The summed E-state index contributed by atoms with van der Waals surface area (Å²) in [6.45, 7) is 1.92. The quantitative estimate of drug-likeness (QED) is 0.679. The number of nitrogens with two attached hydrogens (primary N) is 1. The van der Waals surface area contributed by atoms with Crippen molar-refractivity contribution in [3.63, 3.8) is 0 Å². The molecule has 3 nitrogen and oxygen atoms in total. The molecule has 0 bridgehead atoms. The van der Waals surface area contributed by atoms with Crippen LogP contribution < -0.4 is 5.73 Å². The van der Waals surface area contributed by atoms with E-state index in [1.165, 1.54) is 0 Å². The highest BCUT2D eigenvalue weighted by atomic mass is 79.9. The van der Waals surface area contributed by atoms with Crippen molar-refractivity contribution >= 4 is 27.4 Å². The highest BCUT2D eigenvalue weighted by molar-refractivity contribution is 9.10. The lowest BCUT2D eigenvalue weighted by Crippen LogP contribution is -2.04. The number of rotatable bonds is 2. The molecular formula is C12H10BrNO2. The first-order chi connectivity index (χ1) is 7.58. The molecule has 16 heavy (non-hydrogen) atoms. The van der Waals surface area contributed by atoms with Crippen molar-refractivity contribution < 1.29 is 9.21 Å². The third-order valence-electron chi connectivity index (χ3n) is 2.25. The highest BCUT2D eigenvalue weighted by Gasteiger charge is 2.15. The van der Waals surface area contributed by atoms with Crippen molar-refractivity contribution in [2.75, 3.05) is 5.73 Å². The fourth-order valence-corrected chi connectivity index (χ4v) is 1.76. The Balaban J connectivity index is 2.41. The van der Waals surface area contributed by atoms with Crippen LogP contribution in [0.15, 0.2) is 39.4 Å². The second kappa shape index (κ2) is 4.14. The number of carbonyl (C=O) groups excluding carboxylic acids is 1. The third kappa shape index (κ3) is 2.02. The first-order valence-corrected chi connectivity index (χ1v) is 5.53. The second-order valence-electron chi connectivity index (χ2n) is 3.52. The molecule has 4 heteroatoms. The highest BCUT2D eigenvalue weighted by Crippen LogP contribution is 2.21. The van der Waals surface area contributed by atoms with E-state index in [1.54, 1.807) is 24.3 Å². The van der Waals surface area contributed by atoms with Crippen molar-refractivity contribution in [2.24, 2.45) is 0 Å². The average Bonchev–Trinajstić information content (AvgIpc) is 2.64. The van der Waals surface area contributed by atoms with Crippen molar-refractivity contribution in [3.05, 3.63) is 51.9 Å². The van der Waals surface area contributed by atoms with Gasteiger partial charge >= 0.3 is 0 Å². The average molecular weight is 280 g/mol. The fraction of sp³-hybridized carbons (Fsp3) is 0.0833. The van der Waals surface area contributed by atoms with Gasteiger partial charge in [-0.25, -0.2) is 0 Å². The normalized spacial score (nSPS) is 10.4. The summed E-state index contributed by atoms with van der Waals surface area (Å²) in [5.74, 6) is 0.0747. The smallest absolute Gasteiger partial charge is 0.230 e. The predicted molar refractivity (Wildman–Crippen MR) is 65.4 cm³/mol. The molecule has 0 aliphatic carbocycles. The van der Waals surface area contributed by atoms with Crippen LogP contribution in [0.3, 0.4) is 0 Å². The van der Waals surface area contributed by atoms with Gasteiger partial charge in [-0.3, -0.25) is 4.79 Å². The van der Waals surface area contributed by atoms with Gasteiger partial charge in [0.2, 0.25) is 5.78 Å². The minimum atomic E-state index is -0.205. The number of anilines is 1. The summed E-state index contributed by atoms with van der Waals surface area (Å²) < 4.78 is 5.73. The van der Waals surface area contributed by atoms with Gasteiger partial charge in [-0.15, -0.1) is 0 Å². The zero-order valence-corrected chi connectivity index (χ0v) is 10.2. The van der Waals surface area contributed by atoms with E-state index >= 15 is 0 Å². The molecule has 0 saturated heterocycles. The Morgan fingerprint density at radius 3 is 2.62 bits per heavy atom. The number of carbonyl (C=O) groups is 1. The topological polar surface area (TPSA) is 56.2 Å². The van der Waals surface area contributed by atoms with E-state index in [4.69, 9.17) is 10.2 Å². The number of hydrogen-bond acceptors (Lipinski definition) is 3. The number of benzene rings is 1. The van der Waals surface area contributed by atoms with Crippen LogP contribution in [0.1, 0.15) is 21.7 Å². The van der Waals surface area contributed by atoms with Crippen LogP contribution in [-0.4, -0.2) is 5.78 Å². The Kier molecular flexibility index (Phi) is 2.83. The molecule has 1 aromatic heterocycles. The van der Waals surface area contributed by atoms with Gasteiger partial charge in [0, 0.05) is 11.3 Å². The zero-order valence-electron chi connectivity index (χ0n) is 8.66. The van der Waals surface area contributed by atoms with Crippen LogP contribution in [-0.2, 0) is 0 Å². The number of halogens is 1. The molecule has 2 N–H and O–H groups in total. The molecule has 0 aliphatic heterocycles. The summed E-state index contributed by atoms with van der Waals surface area (Å²) in [5.41, 5.74) is 7.75. The second-order valence-corrected chi connectivity index (χ2v) is 4.31. The molecule has 0 spiro atoms. The summed E-state index contributed by atoms with van der Waals surface area (Å²) in [4.78, 5) is 12.0. The van der Waals surface area contributed by atoms with Crippen molar-refractivity contribution in [1.29, 1.82) is 0 Å². The third-order valence-corrected chi connectivity index (χ3v) is 2.67. The number of aryl methyl sites for hydroxylation is 1. The first kappa shape index (κ1) is 11.0. The Morgan fingerprint density at radius 2 is 2.06 bits per heavy atom. The minimum Gasteiger partial charge on any atom is -0.446 e. The van der Waals surface area contributed by atoms with Crippen molar-refractivity contribution in [1.82, 2.24) is 0 Å². The number of hydrogen-bond donors (Lipinski definition) is 1. The summed E-state index contributed by atoms with van der Waals surface area (Å²) >= 11 is 3.15. The van der Waals surface area contributed by atoms with Gasteiger partial charge in [-0.1, -0.05) is 6.07 Å². The largest absolute Gasteiger partial charge is 0.446 e. The molecule has 2 aromatic rings. The van der Waals surface area contributed by atoms with E-state index in [9.17, 15) is 4.79 Å². The SMILES string of the molecule is Cc1ccc(C(=O)c2ccc(Br)o2)c(N)c1. The van der Waals surface area contributed by atoms with E-state index in [0.717, 1.165) is 5.56 Å². The minimum absolute atomic E-state index is 0.205. The Morgan fingerprint density at radius 1 is 1.31 bits per heavy atom. The molecular weight excluding hydrogens is 270 g/mol. The standard InChI is InChI=1S/C12H10BrNO2/c1-7-2-3-8(9(14)6-7)12(15)10-4-5-11(13)16-10/h2-6H,14H2,1H3. The van der Waals surface area contributed by atoms with Gasteiger partial charge in [0.05, 0.1) is 0 Å². The Bertz CT molecular complexity index is 546. The van der Waals surface area contributed by atoms with Crippen LogP contribution in [0.2, 0.25) is 0 Å². The predicted octanol–water partition coefficient (Wildman–Crippen LogP) is 3.16. The van der Waals surface area contributed by atoms with Crippen LogP contribution in [0.25, 0.3) is 0 Å². The molecule has 1 heterocycles. The Labute approximate surface area is 101 Å². The molecule has 0 saturated carbocycles. The van der Waals surface area contributed by atoms with E-state index in [1.807, 2.05) is 13.0 Å². The number of nitrogen functional groups attached to an aromatic ring is 1. The molecule has 2 rings (SSSR count).